The summed E-state index contributed by atoms with van der Waals surface area (Å²) in [5.41, 5.74) is 5.18. The predicted molar refractivity (Wildman–Crippen MR) is 96.2 cm³/mol. The first kappa shape index (κ1) is 18.6. The molecule has 26 heavy (non-hydrogen) atoms. The van der Waals surface area contributed by atoms with Crippen LogP contribution in [0.3, 0.4) is 0 Å². The van der Waals surface area contributed by atoms with Gasteiger partial charge < -0.3 is 19.7 Å². The Morgan fingerprint density at radius 1 is 0.885 bits per heavy atom. The highest BCUT2D eigenvalue weighted by molar-refractivity contribution is 5.86. The molecule has 0 fully saturated rings. The van der Waals surface area contributed by atoms with E-state index in [9.17, 15) is 15.0 Å². The van der Waals surface area contributed by atoms with Crippen LogP contribution in [0.5, 0.6) is 23.0 Å². The fraction of sp³-hybridized carbons (Fsp3) is 0.118. The van der Waals surface area contributed by atoms with Crippen LogP contribution in [-0.2, 0) is 0 Å². The van der Waals surface area contributed by atoms with E-state index in [1.54, 1.807) is 24.3 Å². The number of hydrogen-bond donors (Lipinski definition) is 4. The van der Waals surface area contributed by atoms with Crippen LogP contribution in [0.25, 0.3) is 0 Å². The number of hydrogen-bond acceptors (Lipinski definition) is 7. The molecule has 0 radical (unpaired) electrons. The van der Waals surface area contributed by atoms with E-state index in [2.05, 4.69) is 21.1 Å². The van der Waals surface area contributed by atoms with Gasteiger partial charge >= 0.3 is 6.03 Å². The van der Waals surface area contributed by atoms with E-state index in [4.69, 9.17) is 9.47 Å². The van der Waals surface area contributed by atoms with Crippen molar-refractivity contribution in [1.82, 2.24) is 10.9 Å². The number of carbonyl (C=O) groups is 1. The van der Waals surface area contributed by atoms with E-state index >= 15 is 0 Å². The number of benzene rings is 2. The van der Waals surface area contributed by atoms with E-state index in [0.29, 0.717) is 22.6 Å². The van der Waals surface area contributed by atoms with Crippen LogP contribution in [0, 0.1) is 0 Å². The molecule has 0 aliphatic rings. The molecule has 0 unspecified atom stereocenters. The van der Waals surface area contributed by atoms with Crippen LogP contribution < -0.4 is 20.3 Å². The summed E-state index contributed by atoms with van der Waals surface area (Å²) in [6.07, 6.45) is 2.54. The second-order valence-corrected chi connectivity index (χ2v) is 4.92. The van der Waals surface area contributed by atoms with Gasteiger partial charge in [-0.05, 0) is 24.3 Å². The van der Waals surface area contributed by atoms with Crippen LogP contribution in [0.2, 0.25) is 0 Å². The summed E-state index contributed by atoms with van der Waals surface area (Å²) in [5, 5.41) is 26.9. The lowest BCUT2D eigenvalue weighted by atomic mass is 10.2. The molecule has 9 nitrogen and oxygen atoms in total. The SMILES string of the molecule is COc1ccc(/C=N/NC(=O)N/N=C/c2ccc(OC)cc2O)c(O)c1. The number of amides is 2. The summed E-state index contributed by atoms with van der Waals surface area (Å²) in [6, 6.07) is 8.61. The second-order valence-electron chi connectivity index (χ2n) is 4.92. The van der Waals surface area contributed by atoms with Crippen molar-refractivity contribution >= 4 is 18.5 Å². The highest BCUT2D eigenvalue weighted by Crippen LogP contribution is 2.22. The number of nitrogens with zero attached hydrogens (tertiary/aromatic N) is 2. The van der Waals surface area contributed by atoms with Crippen molar-refractivity contribution in [3.05, 3.63) is 47.5 Å². The van der Waals surface area contributed by atoms with E-state index < -0.39 is 6.03 Å². The minimum Gasteiger partial charge on any atom is -0.507 e. The van der Waals surface area contributed by atoms with Gasteiger partial charge in [0.2, 0.25) is 0 Å². The van der Waals surface area contributed by atoms with Gasteiger partial charge in [-0.2, -0.15) is 10.2 Å². The van der Waals surface area contributed by atoms with E-state index in [1.165, 1.54) is 38.8 Å². The van der Waals surface area contributed by atoms with Crippen LogP contribution in [0.15, 0.2) is 46.6 Å². The maximum Gasteiger partial charge on any atom is 0.355 e. The van der Waals surface area contributed by atoms with Gasteiger partial charge in [0.1, 0.15) is 23.0 Å². The lowest BCUT2D eigenvalue weighted by molar-refractivity contribution is 0.242. The topological polar surface area (TPSA) is 125 Å². The molecular formula is C17H18N4O5. The van der Waals surface area contributed by atoms with Crippen molar-refractivity contribution < 1.29 is 24.5 Å². The molecular weight excluding hydrogens is 340 g/mol. The largest absolute Gasteiger partial charge is 0.507 e. The molecule has 0 heterocycles. The minimum absolute atomic E-state index is 0.0386. The molecule has 2 aromatic carbocycles. The number of ether oxygens (including phenoxy) is 2. The first-order valence-electron chi connectivity index (χ1n) is 7.39. The fourth-order valence-corrected chi connectivity index (χ4v) is 1.87. The van der Waals surface area contributed by atoms with Crippen molar-refractivity contribution in [2.75, 3.05) is 14.2 Å². The van der Waals surface area contributed by atoms with Crippen molar-refractivity contribution in [2.45, 2.75) is 0 Å². The Bertz CT molecular complexity index is 768. The van der Waals surface area contributed by atoms with Crippen LogP contribution >= 0.6 is 0 Å². The number of carbonyl (C=O) groups excluding carboxylic acids is 1. The molecule has 2 aromatic rings. The van der Waals surface area contributed by atoms with E-state index in [-0.39, 0.29) is 11.5 Å². The Hall–Kier alpha value is -3.75. The molecule has 0 spiro atoms. The van der Waals surface area contributed by atoms with Crippen molar-refractivity contribution in [3.63, 3.8) is 0 Å². The van der Waals surface area contributed by atoms with Gasteiger partial charge in [-0.1, -0.05) is 0 Å². The lowest BCUT2D eigenvalue weighted by Crippen LogP contribution is -2.28. The number of phenolic OH excluding ortho intramolecular Hbond substituents is 2. The van der Waals surface area contributed by atoms with Crippen LogP contribution in [-0.4, -0.2) is 42.9 Å². The summed E-state index contributed by atoms with van der Waals surface area (Å²) >= 11 is 0. The monoisotopic (exact) mass is 358 g/mol. The second kappa shape index (κ2) is 8.92. The maximum atomic E-state index is 11.6. The first-order chi connectivity index (χ1) is 12.5. The van der Waals surface area contributed by atoms with E-state index in [1.807, 2.05) is 0 Å². The van der Waals surface area contributed by atoms with Crippen LogP contribution in [0.4, 0.5) is 4.79 Å². The number of hydrazone groups is 2. The third-order valence-electron chi connectivity index (χ3n) is 3.21. The zero-order valence-electron chi connectivity index (χ0n) is 14.1. The van der Waals surface area contributed by atoms with Gasteiger partial charge in [0.15, 0.2) is 0 Å². The molecule has 0 atom stereocenters. The van der Waals surface area contributed by atoms with Gasteiger partial charge in [0.05, 0.1) is 26.6 Å². The Morgan fingerprint density at radius 3 is 1.65 bits per heavy atom. The summed E-state index contributed by atoms with van der Waals surface area (Å²) in [7, 11) is 2.97. The van der Waals surface area contributed by atoms with Gasteiger partial charge in [0.25, 0.3) is 0 Å². The summed E-state index contributed by atoms with van der Waals surface area (Å²) < 4.78 is 9.94. The molecule has 2 amide bonds. The Kier molecular flexibility index (Phi) is 6.38. The van der Waals surface area contributed by atoms with Crippen LogP contribution in [0.1, 0.15) is 11.1 Å². The quantitative estimate of drug-likeness (QED) is 0.463. The number of rotatable bonds is 6. The first-order valence-corrected chi connectivity index (χ1v) is 7.39. The number of nitrogens with one attached hydrogen (secondary N) is 2. The zero-order valence-corrected chi connectivity index (χ0v) is 14.1. The molecule has 0 bridgehead atoms. The molecule has 0 saturated carbocycles. The molecule has 0 aliphatic carbocycles. The minimum atomic E-state index is -0.696. The van der Waals surface area contributed by atoms with Gasteiger partial charge in [-0.25, -0.2) is 15.6 Å². The highest BCUT2D eigenvalue weighted by Gasteiger charge is 2.02. The standard InChI is InChI=1S/C17H18N4O5/c1-25-13-5-3-11(15(22)7-13)9-18-20-17(24)21-19-10-12-4-6-14(26-2)8-16(12)23/h3-10,22-23H,1-2H3,(H2,20,21,24)/b18-9+,19-10+. The summed E-state index contributed by atoms with van der Waals surface area (Å²) in [6.45, 7) is 0. The molecule has 0 saturated heterocycles. The summed E-state index contributed by atoms with van der Waals surface area (Å²) in [4.78, 5) is 11.6. The predicted octanol–water partition coefficient (Wildman–Crippen LogP) is 1.78. The normalized spacial score (nSPS) is 10.8. The Balaban J connectivity index is 1.87. The third-order valence-corrected chi connectivity index (χ3v) is 3.21. The average molecular weight is 358 g/mol. The molecule has 2 rings (SSSR count). The highest BCUT2D eigenvalue weighted by atomic mass is 16.5. The number of urea groups is 1. The fourth-order valence-electron chi connectivity index (χ4n) is 1.87. The molecule has 0 aliphatic heterocycles. The number of methoxy groups -OCH3 is 2. The molecule has 4 N–H and O–H groups in total. The van der Waals surface area contributed by atoms with Crippen molar-refractivity contribution in [2.24, 2.45) is 10.2 Å². The molecule has 0 aromatic heterocycles. The number of aromatic hydroxyl groups is 2. The zero-order chi connectivity index (χ0) is 18.9. The summed E-state index contributed by atoms with van der Waals surface area (Å²) in [5.74, 6) is 0.926. The van der Waals surface area contributed by atoms with Crippen molar-refractivity contribution in [3.8, 4) is 23.0 Å². The lowest BCUT2D eigenvalue weighted by Gasteiger charge is -2.03. The Labute approximate surface area is 149 Å². The van der Waals surface area contributed by atoms with Gasteiger partial charge in [0, 0.05) is 23.3 Å². The van der Waals surface area contributed by atoms with Gasteiger partial charge in [-0.15, -0.1) is 0 Å². The van der Waals surface area contributed by atoms with E-state index in [0.717, 1.165) is 0 Å². The number of phenols is 2. The molecule has 9 heteroatoms. The Morgan fingerprint density at radius 2 is 1.31 bits per heavy atom. The molecule has 136 valence electrons. The maximum absolute atomic E-state index is 11.6. The van der Waals surface area contributed by atoms with Crippen molar-refractivity contribution in [1.29, 1.82) is 0 Å². The third kappa shape index (κ3) is 5.13. The average Bonchev–Trinajstić information content (AvgIpc) is 2.64. The van der Waals surface area contributed by atoms with Gasteiger partial charge in [-0.3, -0.25) is 0 Å². The smallest absolute Gasteiger partial charge is 0.355 e.